The van der Waals surface area contributed by atoms with Gasteiger partial charge in [-0.05, 0) is 46.5 Å². The molecule has 1 atom stereocenters. The number of rotatable bonds is 7. The average molecular weight is 432 g/mol. The zero-order valence-electron chi connectivity index (χ0n) is 17.7. The van der Waals surface area contributed by atoms with Gasteiger partial charge in [0.2, 0.25) is 21.9 Å². The van der Waals surface area contributed by atoms with Gasteiger partial charge in [0.25, 0.3) is 0 Å². The number of alkyl carbamates (subject to hydrolysis) is 1. The molecule has 29 heavy (non-hydrogen) atoms. The lowest BCUT2D eigenvalue weighted by Crippen LogP contribution is -2.49. The number of likely N-dealkylation sites (tertiary alicyclic amines) is 1. The van der Waals surface area contributed by atoms with E-state index in [-0.39, 0.29) is 5.91 Å². The van der Waals surface area contributed by atoms with Crippen molar-refractivity contribution in [3.63, 3.8) is 0 Å². The Kier molecular flexibility index (Phi) is 7.73. The lowest BCUT2D eigenvalue weighted by molar-refractivity contribution is -0.132. The van der Waals surface area contributed by atoms with Crippen LogP contribution in [0.1, 0.15) is 46.5 Å². The third-order valence-corrected chi connectivity index (χ3v) is 5.72. The van der Waals surface area contributed by atoms with Gasteiger partial charge in [0.1, 0.15) is 11.6 Å². The van der Waals surface area contributed by atoms with Gasteiger partial charge in [-0.15, -0.1) is 0 Å². The van der Waals surface area contributed by atoms with Crippen LogP contribution in [-0.4, -0.2) is 86.2 Å². The first-order chi connectivity index (χ1) is 13.5. The normalized spacial score (nSPS) is 18.4. The molecule has 11 heteroatoms. The van der Waals surface area contributed by atoms with Crippen LogP contribution >= 0.6 is 0 Å². The van der Waals surface area contributed by atoms with Gasteiger partial charge in [0.05, 0.1) is 19.3 Å². The average Bonchev–Trinajstić information content (AvgIpc) is 3.25. The molecule has 0 bridgehead atoms. The number of aliphatic imine (C=N–C) groups is 1. The number of hydrogen-bond donors (Lipinski definition) is 2. The summed E-state index contributed by atoms with van der Waals surface area (Å²) < 4.78 is 30.0. The minimum absolute atomic E-state index is 0.107. The quantitative estimate of drug-likeness (QED) is 0.567. The summed E-state index contributed by atoms with van der Waals surface area (Å²) in [6, 6.07) is -0.679. The number of nitrogens with one attached hydrogen (secondary N) is 2. The number of nitrogens with zero attached hydrogens (tertiary/aromatic N) is 3. The van der Waals surface area contributed by atoms with E-state index in [2.05, 4.69) is 15.6 Å². The monoisotopic (exact) mass is 431 g/mol. The Hall–Kier alpha value is -2.04. The topological polar surface area (TPSA) is 120 Å². The molecule has 1 fully saturated rings. The fourth-order valence-corrected chi connectivity index (χ4v) is 4.12. The van der Waals surface area contributed by atoms with Crippen LogP contribution in [0.2, 0.25) is 0 Å². The van der Waals surface area contributed by atoms with Crippen molar-refractivity contribution in [3.8, 4) is 0 Å². The molecule has 2 aliphatic rings. The zero-order valence-corrected chi connectivity index (χ0v) is 18.5. The fraction of sp³-hybridized carbons (Fsp3) is 0.833. The third kappa shape index (κ3) is 7.37. The largest absolute Gasteiger partial charge is 0.444 e. The number of carbonyl (C=O) groups excluding carboxylic acids is 2. The minimum atomic E-state index is -3.36. The number of amides is 2. The lowest BCUT2D eigenvalue weighted by atomic mass is 10.1. The summed E-state index contributed by atoms with van der Waals surface area (Å²) in [4.78, 5) is 30.9. The first kappa shape index (κ1) is 23.2. The van der Waals surface area contributed by atoms with Crippen LogP contribution in [0.25, 0.3) is 0 Å². The Morgan fingerprint density at radius 1 is 1.21 bits per heavy atom. The molecular formula is C18H33N5O5S. The van der Waals surface area contributed by atoms with Crippen molar-refractivity contribution >= 4 is 28.0 Å². The van der Waals surface area contributed by atoms with E-state index in [0.29, 0.717) is 51.5 Å². The van der Waals surface area contributed by atoms with Gasteiger partial charge in [0, 0.05) is 19.6 Å². The minimum Gasteiger partial charge on any atom is -0.444 e. The summed E-state index contributed by atoms with van der Waals surface area (Å²) in [5.74, 6) is 0.222. The van der Waals surface area contributed by atoms with Crippen molar-refractivity contribution in [1.29, 1.82) is 0 Å². The number of ether oxygens (including phenoxy) is 1. The van der Waals surface area contributed by atoms with Crippen molar-refractivity contribution in [2.45, 2.75) is 58.1 Å². The summed E-state index contributed by atoms with van der Waals surface area (Å²) >= 11 is 0. The highest BCUT2D eigenvalue weighted by Gasteiger charge is 2.29. The Balaban J connectivity index is 1.89. The summed E-state index contributed by atoms with van der Waals surface area (Å²) in [7, 11) is -3.36. The molecule has 1 saturated heterocycles. The molecule has 0 saturated carbocycles. The van der Waals surface area contributed by atoms with Gasteiger partial charge in [-0.3, -0.25) is 9.79 Å². The molecule has 2 amide bonds. The molecule has 0 aromatic carbocycles. The number of hydrogen-bond acceptors (Lipinski definition) is 7. The second-order valence-corrected chi connectivity index (χ2v) is 10.2. The SMILES string of the molecule is CC(C)(C)OC(=O)NC(CCCNC1=NCCN1S(C)(=O)=O)C(=O)N1CCCC1. The molecule has 2 aliphatic heterocycles. The molecule has 0 aliphatic carbocycles. The van der Waals surface area contributed by atoms with Crippen LogP contribution in [-0.2, 0) is 19.6 Å². The smallest absolute Gasteiger partial charge is 0.408 e. The van der Waals surface area contributed by atoms with Gasteiger partial charge in [0.15, 0.2) is 0 Å². The van der Waals surface area contributed by atoms with E-state index in [1.54, 1.807) is 25.7 Å². The first-order valence-electron chi connectivity index (χ1n) is 10.0. The highest BCUT2D eigenvalue weighted by molar-refractivity contribution is 7.88. The number of sulfonamides is 1. The van der Waals surface area contributed by atoms with E-state index in [0.717, 1.165) is 19.1 Å². The van der Waals surface area contributed by atoms with Gasteiger partial charge in [-0.2, -0.15) is 0 Å². The van der Waals surface area contributed by atoms with Crippen LogP contribution in [0, 0.1) is 0 Å². The Morgan fingerprint density at radius 2 is 1.86 bits per heavy atom. The molecule has 0 aromatic rings. The van der Waals surface area contributed by atoms with Gasteiger partial charge in [-0.25, -0.2) is 17.5 Å². The highest BCUT2D eigenvalue weighted by atomic mass is 32.2. The molecule has 2 rings (SSSR count). The number of guanidine groups is 1. The van der Waals surface area contributed by atoms with E-state index in [1.807, 2.05) is 0 Å². The predicted molar refractivity (Wildman–Crippen MR) is 110 cm³/mol. The molecule has 166 valence electrons. The zero-order chi connectivity index (χ0) is 21.7. The Labute approximate surface area is 173 Å². The van der Waals surface area contributed by atoms with Gasteiger partial charge >= 0.3 is 6.09 Å². The predicted octanol–water partition coefficient (Wildman–Crippen LogP) is 0.503. The van der Waals surface area contributed by atoms with Crippen LogP contribution in [0.5, 0.6) is 0 Å². The van der Waals surface area contributed by atoms with Crippen LogP contribution in [0.3, 0.4) is 0 Å². The maximum Gasteiger partial charge on any atom is 0.408 e. The maximum atomic E-state index is 12.8. The second kappa shape index (κ2) is 9.64. The second-order valence-electron chi connectivity index (χ2n) is 8.34. The van der Waals surface area contributed by atoms with E-state index in [9.17, 15) is 18.0 Å². The van der Waals surface area contributed by atoms with Crippen molar-refractivity contribution in [1.82, 2.24) is 19.8 Å². The molecule has 0 radical (unpaired) electrons. The summed E-state index contributed by atoms with van der Waals surface area (Å²) in [5.41, 5.74) is -0.650. The highest BCUT2D eigenvalue weighted by Crippen LogP contribution is 2.13. The van der Waals surface area contributed by atoms with E-state index < -0.39 is 27.8 Å². The first-order valence-corrected chi connectivity index (χ1v) is 11.9. The van der Waals surface area contributed by atoms with Crippen LogP contribution < -0.4 is 10.6 Å². The summed E-state index contributed by atoms with van der Waals surface area (Å²) in [6.45, 7) is 7.89. The molecule has 0 aromatic heterocycles. The Morgan fingerprint density at radius 3 is 2.45 bits per heavy atom. The van der Waals surface area contributed by atoms with Crippen molar-refractivity contribution in [2.24, 2.45) is 4.99 Å². The molecule has 0 spiro atoms. The van der Waals surface area contributed by atoms with Crippen molar-refractivity contribution in [3.05, 3.63) is 0 Å². The number of carbonyl (C=O) groups is 2. The van der Waals surface area contributed by atoms with E-state index in [1.165, 1.54) is 4.31 Å². The van der Waals surface area contributed by atoms with Crippen molar-refractivity contribution in [2.75, 3.05) is 39.0 Å². The molecule has 2 heterocycles. The van der Waals surface area contributed by atoms with Gasteiger partial charge in [-0.1, -0.05) is 0 Å². The van der Waals surface area contributed by atoms with E-state index in [4.69, 9.17) is 4.74 Å². The van der Waals surface area contributed by atoms with Crippen LogP contribution in [0.4, 0.5) is 4.79 Å². The Bertz CT molecular complexity index is 725. The lowest BCUT2D eigenvalue weighted by Gasteiger charge is -2.26. The van der Waals surface area contributed by atoms with Gasteiger partial charge < -0.3 is 20.3 Å². The third-order valence-electron chi connectivity index (χ3n) is 4.56. The molecular weight excluding hydrogens is 398 g/mol. The summed E-state index contributed by atoms with van der Waals surface area (Å²) in [5, 5.41) is 5.72. The fourth-order valence-electron chi connectivity index (χ4n) is 3.27. The molecule has 10 nitrogen and oxygen atoms in total. The van der Waals surface area contributed by atoms with Crippen LogP contribution in [0.15, 0.2) is 4.99 Å². The summed E-state index contributed by atoms with van der Waals surface area (Å²) in [6.07, 6.45) is 3.42. The van der Waals surface area contributed by atoms with Crippen molar-refractivity contribution < 1.29 is 22.7 Å². The van der Waals surface area contributed by atoms with E-state index >= 15 is 0 Å². The molecule has 1 unspecified atom stereocenters. The standard InChI is InChI=1S/C18H33N5O5S/c1-18(2,3)28-17(25)21-14(15(24)22-11-5-6-12-22)8-7-9-19-16-20-10-13-23(16)29(4,26)27/h14H,5-13H2,1-4H3,(H,19,20)(H,21,25). The molecule has 2 N–H and O–H groups in total. The maximum absolute atomic E-state index is 12.8.